The maximum absolute atomic E-state index is 12.7. The molecule has 4 rings (SSSR count). The molecule has 0 spiro atoms. The predicted octanol–water partition coefficient (Wildman–Crippen LogP) is 2.33. The lowest BCUT2D eigenvalue weighted by molar-refractivity contribution is 0.0929. The van der Waals surface area contributed by atoms with Crippen LogP contribution in [0.25, 0.3) is 11.0 Å². The van der Waals surface area contributed by atoms with Gasteiger partial charge in [0.15, 0.2) is 11.2 Å². The Morgan fingerprint density at radius 1 is 1.03 bits per heavy atom. The highest BCUT2D eigenvalue weighted by Crippen LogP contribution is 2.20. The Morgan fingerprint density at radius 3 is 2.44 bits per heavy atom. The lowest BCUT2D eigenvalue weighted by Crippen LogP contribution is -2.50. The van der Waals surface area contributed by atoms with Crippen LogP contribution in [0.3, 0.4) is 0 Å². The molecule has 0 bridgehead atoms. The third kappa shape index (κ3) is 4.95. The highest BCUT2D eigenvalue weighted by Gasteiger charge is 2.27. The molecule has 1 aliphatic rings. The summed E-state index contributed by atoms with van der Waals surface area (Å²) in [5, 5.41) is 3.56. The summed E-state index contributed by atoms with van der Waals surface area (Å²) in [6.07, 6.45) is 0. The molecular weight excluding hydrogens is 454 g/mol. The standard InChI is InChI=1S/C22H22ClN3O5S/c23-16-5-7-17(8-6-16)25-10-12-26(13-11-25)32(29,30)14-9-24-22(28)21-15-19(27)18-3-1-2-4-20(18)31-21/h1-8,15H,9-14H2,(H,24,28). The van der Waals surface area contributed by atoms with Gasteiger partial charge in [-0.3, -0.25) is 9.59 Å². The number of anilines is 1. The van der Waals surface area contributed by atoms with Crippen LogP contribution < -0.4 is 15.6 Å². The Balaban J connectivity index is 1.31. The first-order valence-electron chi connectivity index (χ1n) is 10.1. The van der Waals surface area contributed by atoms with Crippen LogP contribution >= 0.6 is 11.6 Å². The van der Waals surface area contributed by atoms with Crippen molar-refractivity contribution in [2.75, 3.05) is 43.4 Å². The first-order valence-corrected chi connectivity index (χ1v) is 12.1. The van der Waals surface area contributed by atoms with Crippen molar-refractivity contribution in [3.05, 3.63) is 75.6 Å². The zero-order valence-corrected chi connectivity index (χ0v) is 18.7. The number of sulfonamides is 1. The predicted molar refractivity (Wildman–Crippen MR) is 124 cm³/mol. The number of benzene rings is 2. The molecule has 0 aliphatic carbocycles. The van der Waals surface area contributed by atoms with Gasteiger partial charge in [-0.15, -0.1) is 0 Å². The summed E-state index contributed by atoms with van der Waals surface area (Å²) in [5.41, 5.74) is 0.968. The van der Waals surface area contributed by atoms with Crippen LogP contribution in [-0.2, 0) is 10.0 Å². The van der Waals surface area contributed by atoms with Crippen LogP contribution in [0, 0.1) is 0 Å². The van der Waals surface area contributed by atoms with Crippen molar-refractivity contribution in [3.63, 3.8) is 0 Å². The quantitative estimate of drug-likeness (QED) is 0.587. The van der Waals surface area contributed by atoms with E-state index in [-0.39, 0.29) is 23.5 Å². The van der Waals surface area contributed by atoms with Crippen molar-refractivity contribution in [2.24, 2.45) is 0 Å². The molecule has 32 heavy (non-hydrogen) atoms. The average Bonchev–Trinajstić information content (AvgIpc) is 2.79. The first-order chi connectivity index (χ1) is 15.3. The zero-order valence-electron chi connectivity index (χ0n) is 17.2. The van der Waals surface area contributed by atoms with Gasteiger partial charge < -0.3 is 14.6 Å². The summed E-state index contributed by atoms with van der Waals surface area (Å²) in [5.74, 6) is -1.02. The molecule has 0 atom stereocenters. The molecule has 0 saturated carbocycles. The molecular formula is C22H22ClN3O5S. The van der Waals surface area contributed by atoms with E-state index in [1.54, 1.807) is 36.4 Å². The van der Waals surface area contributed by atoms with Crippen molar-refractivity contribution in [1.82, 2.24) is 9.62 Å². The number of carbonyl (C=O) groups excluding carboxylic acids is 1. The molecule has 1 saturated heterocycles. The fraction of sp³-hybridized carbons (Fsp3) is 0.273. The highest BCUT2D eigenvalue weighted by atomic mass is 35.5. The van der Waals surface area contributed by atoms with Gasteiger partial charge in [-0.05, 0) is 36.4 Å². The highest BCUT2D eigenvalue weighted by molar-refractivity contribution is 7.89. The van der Waals surface area contributed by atoms with Crippen LogP contribution in [0.2, 0.25) is 5.02 Å². The Bertz CT molecular complexity index is 1280. The summed E-state index contributed by atoms with van der Waals surface area (Å²) in [6.45, 7) is 1.76. The fourth-order valence-corrected chi connectivity index (χ4v) is 5.07. The molecule has 10 heteroatoms. The van der Waals surface area contributed by atoms with E-state index < -0.39 is 15.9 Å². The third-order valence-corrected chi connectivity index (χ3v) is 7.45. The Kier molecular flexibility index (Phi) is 6.50. The van der Waals surface area contributed by atoms with Crippen molar-refractivity contribution < 1.29 is 17.6 Å². The lowest BCUT2D eigenvalue weighted by Gasteiger charge is -2.35. The summed E-state index contributed by atoms with van der Waals surface area (Å²) in [4.78, 5) is 26.6. The molecule has 0 radical (unpaired) electrons. The minimum Gasteiger partial charge on any atom is -0.451 e. The van der Waals surface area contributed by atoms with E-state index in [1.807, 2.05) is 12.1 Å². The Hall–Kier alpha value is -2.88. The van der Waals surface area contributed by atoms with Crippen molar-refractivity contribution >= 4 is 44.2 Å². The molecule has 2 aromatic carbocycles. The SMILES string of the molecule is O=C(NCCS(=O)(=O)N1CCN(c2ccc(Cl)cc2)CC1)c1cc(=O)c2ccccc2o1. The number of rotatable bonds is 6. The minimum absolute atomic E-state index is 0.0882. The molecule has 8 nitrogen and oxygen atoms in total. The van der Waals surface area contributed by atoms with E-state index in [2.05, 4.69) is 10.2 Å². The van der Waals surface area contributed by atoms with Gasteiger partial charge in [0, 0.05) is 49.5 Å². The molecule has 1 N–H and O–H groups in total. The monoisotopic (exact) mass is 475 g/mol. The number of para-hydroxylation sites is 1. The lowest BCUT2D eigenvalue weighted by atomic mass is 10.2. The van der Waals surface area contributed by atoms with Gasteiger partial charge >= 0.3 is 0 Å². The maximum atomic E-state index is 12.7. The van der Waals surface area contributed by atoms with E-state index in [1.165, 1.54) is 4.31 Å². The molecule has 1 fully saturated rings. The molecule has 2 heterocycles. The number of halogens is 1. The van der Waals surface area contributed by atoms with E-state index >= 15 is 0 Å². The summed E-state index contributed by atoms with van der Waals surface area (Å²) in [6, 6.07) is 15.2. The van der Waals surface area contributed by atoms with Gasteiger partial charge in [0.05, 0.1) is 11.1 Å². The molecule has 168 valence electrons. The summed E-state index contributed by atoms with van der Waals surface area (Å²) >= 11 is 5.92. The number of carbonyl (C=O) groups is 1. The second-order valence-electron chi connectivity index (χ2n) is 7.41. The average molecular weight is 476 g/mol. The molecule has 1 amide bonds. The van der Waals surface area contributed by atoms with Gasteiger partial charge in [-0.25, -0.2) is 8.42 Å². The minimum atomic E-state index is -3.54. The number of fused-ring (bicyclic) bond motifs is 1. The molecule has 0 unspecified atom stereocenters. The number of hydrogen-bond acceptors (Lipinski definition) is 6. The van der Waals surface area contributed by atoms with Crippen LogP contribution in [0.5, 0.6) is 0 Å². The van der Waals surface area contributed by atoms with E-state index in [0.29, 0.717) is 42.2 Å². The van der Waals surface area contributed by atoms with Crippen LogP contribution in [0.4, 0.5) is 5.69 Å². The maximum Gasteiger partial charge on any atom is 0.287 e. The Labute approximate surface area is 190 Å². The van der Waals surface area contributed by atoms with Crippen molar-refractivity contribution in [1.29, 1.82) is 0 Å². The van der Waals surface area contributed by atoms with Gasteiger partial charge in [0.2, 0.25) is 10.0 Å². The van der Waals surface area contributed by atoms with Crippen LogP contribution in [-0.4, -0.2) is 57.1 Å². The second-order valence-corrected chi connectivity index (χ2v) is 9.93. The second kappa shape index (κ2) is 9.32. The molecule has 1 aromatic heterocycles. The van der Waals surface area contributed by atoms with Gasteiger partial charge in [-0.2, -0.15) is 4.31 Å². The van der Waals surface area contributed by atoms with E-state index in [0.717, 1.165) is 11.8 Å². The number of nitrogens with zero attached hydrogens (tertiary/aromatic N) is 2. The first kappa shape index (κ1) is 22.3. The smallest absolute Gasteiger partial charge is 0.287 e. The van der Waals surface area contributed by atoms with Crippen LogP contribution in [0.1, 0.15) is 10.6 Å². The Morgan fingerprint density at radius 2 is 1.72 bits per heavy atom. The van der Waals surface area contributed by atoms with Crippen molar-refractivity contribution in [3.8, 4) is 0 Å². The van der Waals surface area contributed by atoms with Crippen LogP contribution in [0.15, 0.2) is 63.8 Å². The third-order valence-electron chi connectivity index (χ3n) is 5.33. The number of piperazine rings is 1. The van der Waals surface area contributed by atoms with Gasteiger partial charge in [-0.1, -0.05) is 23.7 Å². The molecule has 1 aliphatic heterocycles. The largest absolute Gasteiger partial charge is 0.451 e. The van der Waals surface area contributed by atoms with Crippen molar-refractivity contribution in [2.45, 2.75) is 0 Å². The summed E-state index contributed by atoms with van der Waals surface area (Å²) < 4.78 is 32.3. The molecule has 3 aromatic rings. The topological polar surface area (TPSA) is 99.9 Å². The van der Waals surface area contributed by atoms with Gasteiger partial charge in [0.25, 0.3) is 5.91 Å². The number of nitrogens with one attached hydrogen (secondary N) is 1. The van der Waals surface area contributed by atoms with Gasteiger partial charge in [0.1, 0.15) is 5.58 Å². The fourth-order valence-electron chi connectivity index (χ4n) is 3.60. The summed E-state index contributed by atoms with van der Waals surface area (Å²) in [7, 11) is -3.54. The number of hydrogen-bond donors (Lipinski definition) is 1. The normalized spacial score (nSPS) is 15.1. The zero-order chi connectivity index (χ0) is 22.7. The van der Waals surface area contributed by atoms with E-state index in [4.69, 9.17) is 16.0 Å². The van der Waals surface area contributed by atoms with E-state index in [9.17, 15) is 18.0 Å². The number of amides is 1.